The van der Waals surface area contributed by atoms with Crippen LogP contribution in [-0.2, 0) is 4.74 Å². The van der Waals surface area contributed by atoms with E-state index >= 15 is 0 Å². The van der Waals surface area contributed by atoms with Crippen LogP contribution < -0.4 is 0 Å². The second kappa shape index (κ2) is 6.22. The molecule has 2 heteroatoms. The van der Waals surface area contributed by atoms with Gasteiger partial charge in [0.15, 0.2) is 0 Å². The number of aliphatic hydroxyl groups is 1. The minimum atomic E-state index is -0.270. The summed E-state index contributed by atoms with van der Waals surface area (Å²) < 4.78 is 4.80. The zero-order valence-electron chi connectivity index (χ0n) is 8.39. The Balaban J connectivity index is 0.000000140. The maximum Gasteiger partial charge on any atom is 0.0901 e. The van der Waals surface area contributed by atoms with Crippen molar-refractivity contribution in [1.29, 1.82) is 0 Å². The Morgan fingerprint density at radius 3 is 2.29 bits per heavy atom. The van der Waals surface area contributed by atoms with E-state index in [4.69, 9.17) is 9.84 Å². The van der Waals surface area contributed by atoms with Gasteiger partial charge < -0.3 is 9.84 Å². The fourth-order valence-electron chi connectivity index (χ4n) is 1.03. The van der Waals surface area contributed by atoms with Gasteiger partial charge in [0.2, 0.25) is 0 Å². The second-order valence-corrected chi connectivity index (χ2v) is 3.21. The van der Waals surface area contributed by atoms with Crippen molar-refractivity contribution in [3.05, 3.63) is 48.2 Å². The van der Waals surface area contributed by atoms with Crippen LogP contribution in [0.5, 0.6) is 0 Å². The first kappa shape index (κ1) is 10.8. The van der Waals surface area contributed by atoms with Gasteiger partial charge in [-0.15, -0.1) is 0 Å². The first-order valence-electron chi connectivity index (χ1n) is 4.77. The molecular formula is C12H16O2. The number of aryl methyl sites for hydroxylation is 1. The van der Waals surface area contributed by atoms with E-state index in [2.05, 4.69) is 19.1 Å². The Morgan fingerprint density at radius 2 is 2.00 bits per heavy atom. The summed E-state index contributed by atoms with van der Waals surface area (Å²) in [5.41, 5.74) is 1.32. The molecule has 1 N–H and O–H groups in total. The van der Waals surface area contributed by atoms with Crippen LogP contribution in [0, 0.1) is 6.92 Å². The minimum Gasteiger partial charge on any atom is -0.501 e. The first-order chi connectivity index (χ1) is 6.79. The van der Waals surface area contributed by atoms with Gasteiger partial charge in [0, 0.05) is 6.42 Å². The number of ether oxygens (including phenoxy) is 1. The van der Waals surface area contributed by atoms with E-state index in [-0.39, 0.29) is 6.10 Å². The molecule has 1 aliphatic rings. The maximum absolute atomic E-state index is 8.74. The van der Waals surface area contributed by atoms with Crippen molar-refractivity contribution in [2.45, 2.75) is 19.4 Å². The number of aliphatic hydroxyl groups excluding tert-OH is 1. The van der Waals surface area contributed by atoms with E-state index in [9.17, 15) is 0 Å². The predicted octanol–water partition coefficient (Wildman–Crippen LogP) is 2.28. The van der Waals surface area contributed by atoms with Crippen LogP contribution in [0.1, 0.15) is 12.0 Å². The van der Waals surface area contributed by atoms with Gasteiger partial charge in [0.05, 0.1) is 19.0 Å². The average Bonchev–Trinajstić information content (AvgIpc) is 2.21. The van der Waals surface area contributed by atoms with E-state index in [1.165, 1.54) is 11.8 Å². The summed E-state index contributed by atoms with van der Waals surface area (Å²) in [6.07, 6.45) is 3.64. The molecule has 0 fully saturated rings. The quantitative estimate of drug-likeness (QED) is 0.683. The summed E-state index contributed by atoms with van der Waals surface area (Å²) in [7, 11) is 0. The van der Waals surface area contributed by atoms with Crippen LogP contribution in [-0.4, -0.2) is 17.8 Å². The molecule has 2 rings (SSSR count). The molecule has 2 nitrogen and oxygen atoms in total. The summed E-state index contributed by atoms with van der Waals surface area (Å²) in [5.74, 6) is 0. The SMILES string of the molecule is Cc1ccccc1.OC1C=COCC1. The summed E-state index contributed by atoms with van der Waals surface area (Å²) in [4.78, 5) is 0. The molecule has 0 radical (unpaired) electrons. The number of hydrogen-bond acceptors (Lipinski definition) is 2. The lowest BCUT2D eigenvalue weighted by atomic mass is 10.2. The molecular weight excluding hydrogens is 176 g/mol. The highest BCUT2D eigenvalue weighted by molar-refractivity contribution is 5.11. The van der Waals surface area contributed by atoms with Crippen LogP contribution in [0.3, 0.4) is 0 Å². The molecule has 0 amide bonds. The summed E-state index contributed by atoms with van der Waals surface area (Å²) >= 11 is 0. The van der Waals surface area contributed by atoms with Crippen molar-refractivity contribution in [3.8, 4) is 0 Å². The molecule has 1 heterocycles. The van der Waals surface area contributed by atoms with Crippen molar-refractivity contribution < 1.29 is 9.84 Å². The standard InChI is InChI=1S/C7H8.C5H8O2/c1-7-5-3-2-4-6-7;6-5-1-3-7-4-2-5/h2-6H,1H3;1,3,5-6H,2,4H2. The second-order valence-electron chi connectivity index (χ2n) is 3.21. The van der Waals surface area contributed by atoms with Crippen LogP contribution in [0.25, 0.3) is 0 Å². The zero-order valence-corrected chi connectivity index (χ0v) is 8.39. The lowest BCUT2D eigenvalue weighted by Gasteiger charge is -2.09. The van der Waals surface area contributed by atoms with Crippen LogP contribution in [0.2, 0.25) is 0 Å². The maximum atomic E-state index is 8.74. The molecule has 0 aromatic heterocycles. The van der Waals surface area contributed by atoms with Crippen molar-refractivity contribution in [2.24, 2.45) is 0 Å². The van der Waals surface area contributed by atoms with Crippen molar-refractivity contribution in [1.82, 2.24) is 0 Å². The number of hydrogen-bond donors (Lipinski definition) is 1. The van der Waals surface area contributed by atoms with Gasteiger partial charge >= 0.3 is 0 Å². The van der Waals surface area contributed by atoms with Gasteiger partial charge in [-0.25, -0.2) is 0 Å². The fourth-order valence-corrected chi connectivity index (χ4v) is 1.03. The first-order valence-corrected chi connectivity index (χ1v) is 4.77. The molecule has 14 heavy (non-hydrogen) atoms. The molecule has 0 bridgehead atoms. The third-order valence-corrected chi connectivity index (χ3v) is 1.87. The number of rotatable bonds is 0. The molecule has 0 spiro atoms. The van der Waals surface area contributed by atoms with E-state index < -0.39 is 0 Å². The summed E-state index contributed by atoms with van der Waals surface area (Å²) in [5, 5.41) is 8.74. The van der Waals surface area contributed by atoms with Gasteiger partial charge in [0.25, 0.3) is 0 Å². The smallest absolute Gasteiger partial charge is 0.0901 e. The molecule has 1 aliphatic heterocycles. The van der Waals surface area contributed by atoms with Crippen LogP contribution >= 0.6 is 0 Å². The average molecular weight is 192 g/mol. The van der Waals surface area contributed by atoms with Crippen molar-refractivity contribution in [2.75, 3.05) is 6.61 Å². The van der Waals surface area contributed by atoms with Crippen LogP contribution in [0.15, 0.2) is 42.7 Å². The highest BCUT2D eigenvalue weighted by Crippen LogP contribution is 2.00. The van der Waals surface area contributed by atoms with Gasteiger partial charge in [-0.2, -0.15) is 0 Å². The van der Waals surface area contributed by atoms with Gasteiger partial charge in [-0.1, -0.05) is 35.9 Å². The third-order valence-electron chi connectivity index (χ3n) is 1.87. The molecule has 1 unspecified atom stereocenters. The molecule has 1 aromatic carbocycles. The predicted molar refractivity (Wildman–Crippen MR) is 56.9 cm³/mol. The lowest BCUT2D eigenvalue weighted by molar-refractivity contribution is 0.132. The van der Waals surface area contributed by atoms with E-state index in [0.29, 0.717) is 6.61 Å². The monoisotopic (exact) mass is 192 g/mol. The van der Waals surface area contributed by atoms with Gasteiger partial charge in [-0.3, -0.25) is 0 Å². The lowest BCUT2D eigenvalue weighted by Crippen LogP contribution is -2.09. The molecule has 1 aromatic rings. The Morgan fingerprint density at radius 1 is 1.29 bits per heavy atom. The van der Waals surface area contributed by atoms with Crippen LogP contribution in [0.4, 0.5) is 0 Å². The van der Waals surface area contributed by atoms with E-state index in [0.717, 1.165) is 6.42 Å². The topological polar surface area (TPSA) is 29.5 Å². The zero-order chi connectivity index (χ0) is 10.2. The molecule has 0 aliphatic carbocycles. The van der Waals surface area contributed by atoms with E-state index in [1.807, 2.05) is 18.2 Å². The highest BCUT2D eigenvalue weighted by Gasteiger charge is 2.01. The Hall–Kier alpha value is -1.28. The molecule has 0 saturated carbocycles. The van der Waals surface area contributed by atoms with Gasteiger partial charge in [-0.05, 0) is 13.0 Å². The summed E-state index contributed by atoms with van der Waals surface area (Å²) in [6, 6.07) is 10.3. The molecule has 76 valence electrons. The molecule has 0 saturated heterocycles. The Labute approximate surface area is 84.8 Å². The van der Waals surface area contributed by atoms with Crippen molar-refractivity contribution >= 4 is 0 Å². The molecule has 1 atom stereocenters. The fraction of sp³-hybridized carbons (Fsp3) is 0.333. The Kier molecular flexibility index (Phi) is 4.79. The highest BCUT2D eigenvalue weighted by atomic mass is 16.5. The van der Waals surface area contributed by atoms with Crippen molar-refractivity contribution in [3.63, 3.8) is 0 Å². The van der Waals surface area contributed by atoms with Gasteiger partial charge in [0.1, 0.15) is 0 Å². The number of benzene rings is 1. The normalized spacial score (nSPS) is 19.1. The largest absolute Gasteiger partial charge is 0.501 e. The minimum absolute atomic E-state index is 0.270. The third kappa shape index (κ3) is 4.67. The Bertz CT molecular complexity index is 267. The summed E-state index contributed by atoms with van der Waals surface area (Å²) in [6.45, 7) is 2.73. The van der Waals surface area contributed by atoms with E-state index in [1.54, 1.807) is 6.08 Å².